The Balaban J connectivity index is 0.888. The fourth-order valence-corrected chi connectivity index (χ4v) is 9.74. The molecule has 3 aromatic rings. The number of nitrogens with zero attached hydrogens (tertiary/aromatic N) is 1. The number of rotatable bonds is 16. The first-order chi connectivity index (χ1) is 24.3. The number of nitrogens with one attached hydrogen (secondary N) is 2. The van der Waals surface area contributed by atoms with Crippen LogP contribution < -0.4 is 10.9 Å². The van der Waals surface area contributed by atoms with Crippen LogP contribution in [-0.2, 0) is 16.0 Å². The van der Waals surface area contributed by atoms with Crippen LogP contribution in [0.4, 0.5) is 4.39 Å². The van der Waals surface area contributed by atoms with Crippen molar-refractivity contribution in [1.82, 2.24) is 15.5 Å². The molecule has 0 unspecified atom stereocenters. The average Bonchev–Trinajstić information content (AvgIpc) is 3.46. The Bertz CT molecular complexity index is 1690. The van der Waals surface area contributed by atoms with Crippen molar-refractivity contribution in [1.29, 1.82) is 0 Å². The van der Waals surface area contributed by atoms with Gasteiger partial charge in [-0.2, -0.15) is 5.10 Å². The lowest BCUT2D eigenvalue weighted by molar-refractivity contribution is -0.121. The van der Waals surface area contributed by atoms with Crippen LogP contribution in [-0.4, -0.2) is 41.1 Å². The maximum atomic E-state index is 14.7. The van der Waals surface area contributed by atoms with Gasteiger partial charge in [-0.1, -0.05) is 57.4 Å². The fraction of sp³-hybridized carbons (Fsp3) is 0.619. The minimum absolute atomic E-state index is 0.0209. The number of H-pyrrole nitrogens is 1. The first-order valence-electron chi connectivity index (χ1n) is 19.4. The van der Waals surface area contributed by atoms with Crippen molar-refractivity contribution >= 4 is 22.5 Å². The molecule has 270 valence electrons. The minimum Gasteiger partial charge on any atom is -0.378 e. The molecule has 6 atom stereocenters. The van der Waals surface area contributed by atoms with Gasteiger partial charge in [0, 0.05) is 37.8 Å². The quantitative estimate of drug-likeness (QED) is 0.147. The highest BCUT2D eigenvalue weighted by molar-refractivity contribution is 5.94. The number of hydrogen-bond acceptors (Lipinski definition) is 5. The zero-order chi connectivity index (χ0) is 35.1. The monoisotopic (exact) mass is 685 g/mol. The first kappa shape index (κ1) is 36.4. The molecule has 3 aliphatic carbocycles. The Hall–Kier alpha value is -3.39. The molecule has 3 aliphatic rings. The number of benzene rings is 2. The number of aromatic amines is 1. The van der Waals surface area contributed by atoms with Crippen LogP contribution in [0.1, 0.15) is 132 Å². The van der Waals surface area contributed by atoms with Gasteiger partial charge >= 0.3 is 0 Å². The van der Waals surface area contributed by atoms with Gasteiger partial charge in [0.25, 0.3) is 11.5 Å². The van der Waals surface area contributed by atoms with Gasteiger partial charge in [-0.05, 0) is 117 Å². The Morgan fingerprint density at radius 3 is 2.66 bits per heavy atom. The number of carbonyl (C=O) groups is 2. The summed E-state index contributed by atoms with van der Waals surface area (Å²) in [4.78, 5) is 37.5. The fourth-order valence-electron chi connectivity index (χ4n) is 9.74. The molecular weight excluding hydrogens is 629 g/mol. The molecule has 0 spiro atoms. The number of carbonyl (C=O) groups excluding carboxylic acids is 2. The van der Waals surface area contributed by atoms with Crippen molar-refractivity contribution in [3.8, 4) is 0 Å². The highest BCUT2D eigenvalue weighted by Crippen LogP contribution is 2.60. The standard InChI is InChI=1S/C42H56FN3O4/c1-3-4-11-31(47)25-28-14-16-32-30(24-28)20-21-42(2)36(32)17-19-39(42)50-23-10-6-5-9-22-44-40(48)35-26-29(15-18-37(35)43)27-38-33-12-7-8-13-34(33)41(49)46-45-38/h7-8,12-13,15,18,26,28,30,32,36,39H,3-6,9-11,14,16-17,19-25,27H2,1-2H3,(H,44,48)(H,46,49)/t28-,30-,32-,36+,39+,42+/m1/s1. The summed E-state index contributed by atoms with van der Waals surface area (Å²) in [6.45, 7) is 5.94. The molecule has 0 radical (unpaired) electrons. The highest BCUT2D eigenvalue weighted by atomic mass is 19.1. The maximum absolute atomic E-state index is 14.7. The number of halogens is 1. The average molecular weight is 686 g/mol. The summed E-state index contributed by atoms with van der Waals surface area (Å²) in [6, 6.07) is 11.8. The van der Waals surface area contributed by atoms with E-state index in [1.807, 2.05) is 12.1 Å². The number of ether oxygens (including phenoxy) is 1. The Morgan fingerprint density at radius 1 is 1.00 bits per heavy atom. The van der Waals surface area contributed by atoms with Gasteiger partial charge in [0.2, 0.25) is 0 Å². The second kappa shape index (κ2) is 16.8. The van der Waals surface area contributed by atoms with Crippen LogP contribution in [0.25, 0.3) is 10.8 Å². The summed E-state index contributed by atoms with van der Waals surface area (Å²) in [7, 11) is 0. The van der Waals surface area contributed by atoms with Crippen LogP contribution in [0, 0.1) is 34.9 Å². The van der Waals surface area contributed by atoms with E-state index in [9.17, 15) is 18.8 Å². The molecule has 0 aliphatic heterocycles. The molecular formula is C42H56FN3O4. The van der Waals surface area contributed by atoms with E-state index >= 15 is 0 Å². The SMILES string of the molecule is CCCCC(=O)C[C@@H]1CC[C@@H]2[C@H](CC[C@]3(C)[C@@H](OCCCCCCNC(=O)c4cc(Cc5n[nH]c(=O)c6ccccc56)ccc4F)CC[C@@H]23)C1. The lowest BCUT2D eigenvalue weighted by atomic mass is 9.55. The Labute approximate surface area is 296 Å². The second-order valence-electron chi connectivity index (χ2n) is 15.7. The number of aromatic nitrogens is 2. The summed E-state index contributed by atoms with van der Waals surface area (Å²) in [5.41, 5.74) is 1.47. The molecule has 0 bridgehead atoms. The van der Waals surface area contributed by atoms with E-state index in [1.54, 1.807) is 24.3 Å². The van der Waals surface area contributed by atoms with Gasteiger partial charge in [0.05, 0.1) is 22.7 Å². The van der Waals surface area contributed by atoms with Gasteiger partial charge in [-0.3, -0.25) is 14.4 Å². The third kappa shape index (κ3) is 8.38. The number of ketones is 1. The van der Waals surface area contributed by atoms with Crippen molar-refractivity contribution in [2.24, 2.45) is 29.1 Å². The minimum atomic E-state index is -0.555. The van der Waals surface area contributed by atoms with Crippen molar-refractivity contribution in [2.45, 2.75) is 123 Å². The lowest BCUT2D eigenvalue weighted by Gasteiger charge is -2.51. The molecule has 1 amide bonds. The van der Waals surface area contributed by atoms with E-state index < -0.39 is 11.7 Å². The molecule has 2 N–H and O–H groups in total. The highest BCUT2D eigenvalue weighted by Gasteiger charge is 2.55. The van der Waals surface area contributed by atoms with E-state index in [0.717, 1.165) is 86.7 Å². The largest absolute Gasteiger partial charge is 0.378 e. The maximum Gasteiger partial charge on any atom is 0.272 e. The van der Waals surface area contributed by atoms with Crippen LogP contribution in [0.3, 0.4) is 0 Å². The number of amides is 1. The third-order valence-corrected chi connectivity index (χ3v) is 12.5. The van der Waals surface area contributed by atoms with E-state index in [2.05, 4.69) is 29.4 Å². The molecule has 1 heterocycles. The summed E-state index contributed by atoms with van der Waals surface area (Å²) in [5, 5.41) is 10.9. The van der Waals surface area contributed by atoms with Crippen LogP contribution in [0.15, 0.2) is 47.3 Å². The van der Waals surface area contributed by atoms with Crippen LogP contribution >= 0.6 is 0 Å². The molecule has 3 saturated carbocycles. The smallest absolute Gasteiger partial charge is 0.272 e. The molecule has 2 aromatic carbocycles. The summed E-state index contributed by atoms with van der Waals surface area (Å²) in [6.07, 6.45) is 17.1. The van der Waals surface area contributed by atoms with Crippen molar-refractivity contribution in [3.63, 3.8) is 0 Å². The van der Waals surface area contributed by atoms with Crippen LogP contribution in [0.5, 0.6) is 0 Å². The number of unbranched alkanes of at least 4 members (excludes halogenated alkanes) is 4. The molecule has 7 nitrogen and oxygen atoms in total. The number of Topliss-reactive ketones (excluding diaryl/α,β-unsaturated/α-hetero) is 1. The van der Waals surface area contributed by atoms with Crippen LogP contribution in [0.2, 0.25) is 0 Å². The molecule has 6 rings (SSSR count). The summed E-state index contributed by atoms with van der Waals surface area (Å²) < 4.78 is 21.2. The van der Waals surface area contributed by atoms with Gasteiger partial charge in [-0.15, -0.1) is 0 Å². The summed E-state index contributed by atoms with van der Waals surface area (Å²) >= 11 is 0. The van der Waals surface area contributed by atoms with E-state index in [1.165, 1.54) is 51.0 Å². The van der Waals surface area contributed by atoms with Gasteiger partial charge in [0.1, 0.15) is 11.6 Å². The zero-order valence-corrected chi connectivity index (χ0v) is 30.1. The Kier molecular flexibility index (Phi) is 12.2. The van der Waals surface area contributed by atoms with Crippen molar-refractivity contribution in [2.75, 3.05) is 13.2 Å². The second-order valence-corrected chi connectivity index (χ2v) is 15.7. The van der Waals surface area contributed by atoms with E-state index in [-0.39, 0.29) is 16.5 Å². The Morgan fingerprint density at radius 2 is 1.82 bits per heavy atom. The number of hydrogen-bond donors (Lipinski definition) is 2. The van der Waals surface area contributed by atoms with E-state index in [0.29, 0.717) is 41.9 Å². The molecule has 0 saturated heterocycles. The predicted octanol–water partition coefficient (Wildman–Crippen LogP) is 8.72. The summed E-state index contributed by atoms with van der Waals surface area (Å²) in [5.74, 6) is 2.49. The third-order valence-electron chi connectivity index (χ3n) is 12.5. The van der Waals surface area contributed by atoms with E-state index in [4.69, 9.17) is 4.74 Å². The molecule has 3 fully saturated rings. The van der Waals surface area contributed by atoms with Gasteiger partial charge < -0.3 is 10.1 Å². The van der Waals surface area contributed by atoms with Gasteiger partial charge in [-0.25, -0.2) is 9.49 Å². The van der Waals surface area contributed by atoms with Gasteiger partial charge in [0.15, 0.2) is 0 Å². The van der Waals surface area contributed by atoms with Crippen molar-refractivity contribution < 1.29 is 18.7 Å². The zero-order valence-electron chi connectivity index (χ0n) is 30.1. The molecule has 8 heteroatoms. The first-order valence-corrected chi connectivity index (χ1v) is 19.4. The normalized spacial score (nSPS) is 26.0. The molecule has 50 heavy (non-hydrogen) atoms. The topological polar surface area (TPSA) is 101 Å². The molecule has 1 aromatic heterocycles. The predicted molar refractivity (Wildman–Crippen MR) is 196 cm³/mol. The lowest BCUT2D eigenvalue weighted by Crippen LogP contribution is -2.46. The number of fused-ring (bicyclic) bond motifs is 4. The van der Waals surface area contributed by atoms with Crippen molar-refractivity contribution in [3.05, 3.63) is 75.5 Å².